The first-order valence-corrected chi connectivity index (χ1v) is 5.40. The molecule has 2 heteroatoms. The van der Waals surface area contributed by atoms with Gasteiger partial charge >= 0.3 is 0 Å². The van der Waals surface area contributed by atoms with Gasteiger partial charge in [-0.2, -0.15) is 0 Å². The van der Waals surface area contributed by atoms with Crippen LogP contribution >= 0.6 is 0 Å². The van der Waals surface area contributed by atoms with Gasteiger partial charge in [-0.25, -0.2) is 4.39 Å². The predicted octanol–water partition coefficient (Wildman–Crippen LogP) is 2.86. The lowest BCUT2D eigenvalue weighted by Crippen LogP contribution is -2.45. The third kappa shape index (κ3) is 3.63. The van der Waals surface area contributed by atoms with Gasteiger partial charge in [0.15, 0.2) is 0 Å². The van der Waals surface area contributed by atoms with Crippen molar-refractivity contribution in [3.8, 4) is 0 Å². The van der Waals surface area contributed by atoms with Crippen LogP contribution < -0.4 is 0 Å². The van der Waals surface area contributed by atoms with Crippen molar-refractivity contribution in [3.63, 3.8) is 0 Å². The monoisotopic (exact) mass is 187 g/mol. The van der Waals surface area contributed by atoms with Crippen LogP contribution in [0.1, 0.15) is 40.0 Å². The molecule has 0 radical (unpaired) electrons. The topological polar surface area (TPSA) is 3.24 Å². The van der Waals surface area contributed by atoms with Crippen molar-refractivity contribution in [2.24, 2.45) is 5.41 Å². The molecule has 0 bridgehead atoms. The molecule has 13 heavy (non-hydrogen) atoms. The standard InChI is InChI=1S/C11H22FN/c1-4-5-6-13-8-10(12)7-11(2,3)9-13/h10H,4-9H2,1-3H3/t10-/m1/s1. The van der Waals surface area contributed by atoms with Crippen LogP contribution in [0.25, 0.3) is 0 Å². The quantitative estimate of drug-likeness (QED) is 0.656. The summed E-state index contributed by atoms with van der Waals surface area (Å²) in [7, 11) is 0. The Labute approximate surface area is 81.3 Å². The molecule has 0 aromatic heterocycles. The molecule has 0 unspecified atom stereocenters. The fraction of sp³-hybridized carbons (Fsp3) is 1.00. The SMILES string of the molecule is CCCCN1C[C@H](F)CC(C)(C)C1. The minimum Gasteiger partial charge on any atom is -0.300 e. The first-order valence-electron chi connectivity index (χ1n) is 5.40. The van der Waals surface area contributed by atoms with E-state index in [4.69, 9.17) is 0 Å². The van der Waals surface area contributed by atoms with E-state index in [1.54, 1.807) is 0 Å². The van der Waals surface area contributed by atoms with Crippen LogP contribution in [-0.2, 0) is 0 Å². The van der Waals surface area contributed by atoms with Crippen LogP contribution in [-0.4, -0.2) is 30.7 Å². The van der Waals surface area contributed by atoms with E-state index in [0.717, 1.165) is 19.5 Å². The summed E-state index contributed by atoms with van der Waals surface area (Å²) in [6.45, 7) is 9.30. The van der Waals surface area contributed by atoms with E-state index in [-0.39, 0.29) is 5.41 Å². The van der Waals surface area contributed by atoms with Gasteiger partial charge in [0, 0.05) is 13.1 Å². The van der Waals surface area contributed by atoms with E-state index in [0.29, 0.717) is 6.54 Å². The molecule has 1 heterocycles. The number of piperidine rings is 1. The highest BCUT2D eigenvalue weighted by Gasteiger charge is 2.31. The first-order chi connectivity index (χ1) is 6.03. The van der Waals surface area contributed by atoms with Gasteiger partial charge in [-0.1, -0.05) is 27.2 Å². The maximum absolute atomic E-state index is 13.3. The molecule has 1 rings (SSSR count). The fourth-order valence-electron chi connectivity index (χ4n) is 2.23. The average molecular weight is 187 g/mol. The number of likely N-dealkylation sites (tertiary alicyclic amines) is 1. The van der Waals surface area contributed by atoms with Crippen molar-refractivity contribution < 1.29 is 4.39 Å². The average Bonchev–Trinajstić information content (AvgIpc) is 1.97. The van der Waals surface area contributed by atoms with Crippen molar-refractivity contribution >= 4 is 0 Å². The number of hydrogen-bond acceptors (Lipinski definition) is 1. The van der Waals surface area contributed by atoms with E-state index in [1.807, 2.05) is 0 Å². The molecular weight excluding hydrogens is 165 g/mol. The van der Waals surface area contributed by atoms with Crippen LogP contribution in [0.2, 0.25) is 0 Å². The molecular formula is C11H22FN. The molecule has 0 aliphatic carbocycles. The molecule has 1 saturated heterocycles. The second-order valence-electron chi connectivity index (χ2n) is 5.05. The largest absolute Gasteiger partial charge is 0.300 e. The van der Waals surface area contributed by atoms with Crippen LogP contribution in [0, 0.1) is 5.41 Å². The molecule has 1 aliphatic heterocycles. The Kier molecular flexibility index (Phi) is 3.72. The smallest absolute Gasteiger partial charge is 0.113 e. The van der Waals surface area contributed by atoms with Gasteiger partial charge in [0.05, 0.1) is 0 Å². The van der Waals surface area contributed by atoms with Crippen LogP contribution in [0.3, 0.4) is 0 Å². The lowest BCUT2D eigenvalue weighted by molar-refractivity contribution is 0.0514. The van der Waals surface area contributed by atoms with Crippen molar-refractivity contribution in [3.05, 3.63) is 0 Å². The molecule has 78 valence electrons. The summed E-state index contributed by atoms with van der Waals surface area (Å²) in [5.74, 6) is 0. The zero-order valence-corrected chi connectivity index (χ0v) is 9.15. The second kappa shape index (κ2) is 4.41. The summed E-state index contributed by atoms with van der Waals surface area (Å²) in [6.07, 6.45) is 2.52. The number of nitrogens with zero attached hydrogens (tertiary/aromatic N) is 1. The molecule has 0 spiro atoms. The zero-order valence-electron chi connectivity index (χ0n) is 9.15. The highest BCUT2D eigenvalue weighted by molar-refractivity contribution is 4.84. The lowest BCUT2D eigenvalue weighted by atomic mass is 9.83. The summed E-state index contributed by atoms with van der Waals surface area (Å²) in [4.78, 5) is 2.28. The normalized spacial score (nSPS) is 29.1. The number of alkyl halides is 1. The Morgan fingerprint density at radius 3 is 2.69 bits per heavy atom. The summed E-state index contributed by atoms with van der Waals surface area (Å²) in [5, 5.41) is 0. The molecule has 0 N–H and O–H groups in total. The number of unbranched alkanes of at least 4 members (excludes halogenated alkanes) is 1. The van der Waals surface area contributed by atoms with Gasteiger partial charge in [0.1, 0.15) is 6.17 Å². The van der Waals surface area contributed by atoms with Crippen molar-refractivity contribution in [1.29, 1.82) is 0 Å². The first kappa shape index (κ1) is 11.0. The van der Waals surface area contributed by atoms with Gasteiger partial charge in [0.2, 0.25) is 0 Å². The Balaban J connectivity index is 2.38. The molecule has 0 aromatic carbocycles. The number of rotatable bonds is 3. The lowest BCUT2D eigenvalue weighted by Gasteiger charge is -2.39. The van der Waals surface area contributed by atoms with Gasteiger partial charge in [-0.05, 0) is 24.8 Å². The van der Waals surface area contributed by atoms with Crippen LogP contribution in [0.5, 0.6) is 0 Å². The summed E-state index contributed by atoms with van der Waals surface area (Å²) < 4.78 is 13.3. The number of hydrogen-bond donors (Lipinski definition) is 0. The maximum atomic E-state index is 13.3. The summed E-state index contributed by atoms with van der Waals surface area (Å²) >= 11 is 0. The molecule has 0 saturated carbocycles. The minimum absolute atomic E-state index is 0.172. The fourth-order valence-corrected chi connectivity index (χ4v) is 2.23. The summed E-state index contributed by atoms with van der Waals surface area (Å²) in [6, 6.07) is 0. The number of halogens is 1. The Bertz CT molecular complexity index is 156. The minimum atomic E-state index is -0.611. The van der Waals surface area contributed by atoms with Crippen LogP contribution in [0.15, 0.2) is 0 Å². The molecule has 0 aromatic rings. The van der Waals surface area contributed by atoms with E-state index >= 15 is 0 Å². The maximum Gasteiger partial charge on any atom is 0.113 e. The Morgan fingerprint density at radius 2 is 2.15 bits per heavy atom. The van der Waals surface area contributed by atoms with Crippen molar-refractivity contribution in [2.75, 3.05) is 19.6 Å². The third-order valence-corrected chi connectivity index (χ3v) is 2.71. The summed E-state index contributed by atoms with van der Waals surface area (Å²) in [5.41, 5.74) is 0.172. The van der Waals surface area contributed by atoms with Gasteiger partial charge in [0.25, 0.3) is 0 Å². The molecule has 1 atom stereocenters. The van der Waals surface area contributed by atoms with Crippen LogP contribution in [0.4, 0.5) is 4.39 Å². The predicted molar refractivity (Wildman–Crippen MR) is 54.6 cm³/mol. The van der Waals surface area contributed by atoms with E-state index in [2.05, 4.69) is 25.7 Å². The van der Waals surface area contributed by atoms with E-state index < -0.39 is 6.17 Å². The van der Waals surface area contributed by atoms with E-state index in [9.17, 15) is 4.39 Å². The molecule has 0 amide bonds. The second-order valence-corrected chi connectivity index (χ2v) is 5.05. The highest BCUT2D eigenvalue weighted by Crippen LogP contribution is 2.30. The molecule has 1 nitrogen and oxygen atoms in total. The third-order valence-electron chi connectivity index (χ3n) is 2.71. The highest BCUT2D eigenvalue weighted by atomic mass is 19.1. The van der Waals surface area contributed by atoms with Gasteiger partial charge in [-0.15, -0.1) is 0 Å². The Morgan fingerprint density at radius 1 is 1.46 bits per heavy atom. The van der Waals surface area contributed by atoms with E-state index in [1.165, 1.54) is 12.8 Å². The molecule has 1 aliphatic rings. The van der Waals surface area contributed by atoms with Crippen molar-refractivity contribution in [2.45, 2.75) is 46.2 Å². The van der Waals surface area contributed by atoms with Crippen molar-refractivity contribution in [1.82, 2.24) is 4.90 Å². The Hall–Kier alpha value is -0.110. The van der Waals surface area contributed by atoms with Gasteiger partial charge in [-0.3, -0.25) is 4.90 Å². The zero-order chi connectivity index (χ0) is 9.90. The molecule has 1 fully saturated rings. The van der Waals surface area contributed by atoms with Gasteiger partial charge < -0.3 is 0 Å².